The van der Waals surface area contributed by atoms with E-state index in [9.17, 15) is 4.79 Å². The van der Waals surface area contributed by atoms with Crippen LogP contribution in [0.5, 0.6) is 5.75 Å². The Kier molecular flexibility index (Phi) is 1.40. The topological polar surface area (TPSA) is 57.5 Å². The predicted octanol–water partition coefficient (Wildman–Crippen LogP) is 1.15. The van der Waals surface area contributed by atoms with Crippen LogP contribution in [0.25, 0.3) is 0 Å². The van der Waals surface area contributed by atoms with Crippen molar-refractivity contribution < 1.29 is 15.0 Å². The summed E-state index contributed by atoms with van der Waals surface area (Å²) in [6.45, 7) is 0. The Bertz CT molecular complexity index is 228. The molecule has 0 atom stereocenters. The monoisotopic (exact) mass is 144 g/mol. The van der Waals surface area contributed by atoms with Gasteiger partial charge in [0.05, 0.1) is 0 Å². The highest BCUT2D eigenvalue weighted by atomic mass is 32.1. The van der Waals surface area contributed by atoms with Crippen molar-refractivity contribution in [1.29, 1.82) is 0 Å². The van der Waals surface area contributed by atoms with Crippen molar-refractivity contribution in [3.8, 4) is 5.75 Å². The largest absolute Gasteiger partial charge is 0.507 e. The molecule has 0 aliphatic heterocycles. The molecule has 1 rings (SSSR count). The normalized spacial score (nSPS) is 9.33. The third-order valence-electron chi connectivity index (χ3n) is 0.796. The lowest BCUT2D eigenvalue weighted by molar-refractivity contribution is 0.0702. The van der Waals surface area contributed by atoms with E-state index in [1.54, 1.807) is 0 Å². The van der Waals surface area contributed by atoms with Crippen LogP contribution in [0.1, 0.15) is 9.67 Å². The minimum Gasteiger partial charge on any atom is -0.507 e. The van der Waals surface area contributed by atoms with E-state index < -0.39 is 5.97 Å². The van der Waals surface area contributed by atoms with Crippen LogP contribution in [0.2, 0.25) is 0 Å². The number of carbonyl (C=O) groups is 1. The number of aromatic carboxylic acids is 1. The minimum absolute atomic E-state index is 0.0115. The Hall–Kier alpha value is -1.03. The first-order valence-electron chi connectivity index (χ1n) is 2.21. The summed E-state index contributed by atoms with van der Waals surface area (Å²) < 4.78 is 0. The lowest BCUT2D eigenvalue weighted by Crippen LogP contribution is -1.89. The fourth-order valence-corrected chi connectivity index (χ4v) is 1.04. The molecule has 48 valence electrons. The molecule has 1 heterocycles. The number of thiophene rings is 1. The van der Waals surface area contributed by atoms with Gasteiger partial charge in [0, 0.05) is 11.4 Å². The summed E-state index contributed by atoms with van der Waals surface area (Å²) in [4.78, 5) is 10.3. The van der Waals surface area contributed by atoms with E-state index in [-0.39, 0.29) is 10.6 Å². The van der Waals surface area contributed by atoms with E-state index in [1.807, 2.05) is 0 Å². The molecule has 9 heavy (non-hydrogen) atoms. The highest BCUT2D eigenvalue weighted by molar-refractivity contribution is 7.12. The van der Waals surface area contributed by atoms with Gasteiger partial charge in [0.2, 0.25) is 0 Å². The van der Waals surface area contributed by atoms with E-state index in [0.717, 1.165) is 11.3 Å². The van der Waals surface area contributed by atoms with Gasteiger partial charge in [-0.1, -0.05) is 0 Å². The molecule has 0 aliphatic carbocycles. The van der Waals surface area contributed by atoms with Crippen LogP contribution in [0, 0.1) is 0 Å². The maximum Gasteiger partial charge on any atom is 0.346 e. The van der Waals surface area contributed by atoms with Crippen LogP contribution < -0.4 is 0 Å². The van der Waals surface area contributed by atoms with E-state index in [4.69, 9.17) is 10.2 Å². The van der Waals surface area contributed by atoms with Crippen molar-refractivity contribution in [2.24, 2.45) is 0 Å². The molecule has 0 bridgehead atoms. The molecule has 0 aromatic carbocycles. The number of carboxylic acid groups (broad SMARTS) is 1. The van der Waals surface area contributed by atoms with Crippen LogP contribution in [0.3, 0.4) is 0 Å². The zero-order chi connectivity index (χ0) is 6.85. The number of aromatic hydroxyl groups is 1. The van der Waals surface area contributed by atoms with Gasteiger partial charge in [-0.25, -0.2) is 4.79 Å². The zero-order valence-corrected chi connectivity index (χ0v) is 5.18. The van der Waals surface area contributed by atoms with Crippen molar-refractivity contribution >= 4 is 17.3 Å². The molecule has 0 amide bonds. The quantitative estimate of drug-likeness (QED) is 0.621. The lowest BCUT2D eigenvalue weighted by atomic mass is 10.5. The van der Waals surface area contributed by atoms with E-state index >= 15 is 0 Å². The van der Waals surface area contributed by atoms with Crippen LogP contribution in [-0.4, -0.2) is 16.2 Å². The predicted molar refractivity (Wildman–Crippen MR) is 32.9 cm³/mol. The lowest BCUT2D eigenvalue weighted by Gasteiger charge is -1.79. The fourth-order valence-electron chi connectivity index (χ4n) is 0.438. The number of rotatable bonds is 1. The van der Waals surface area contributed by atoms with Crippen molar-refractivity contribution in [3.63, 3.8) is 0 Å². The Balaban J connectivity index is 2.98. The van der Waals surface area contributed by atoms with Crippen molar-refractivity contribution in [2.45, 2.75) is 0 Å². The summed E-state index contributed by atoms with van der Waals surface area (Å²) in [5.41, 5.74) is 0. The fraction of sp³-hybridized carbons (Fsp3) is 0. The number of hydrogen-bond donors (Lipinski definition) is 2. The van der Waals surface area contributed by atoms with Gasteiger partial charge in [-0.05, 0) is 0 Å². The van der Waals surface area contributed by atoms with Crippen LogP contribution in [-0.2, 0) is 0 Å². The number of hydrogen-bond acceptors (Lipinski definition) is 3. The molecule has 3 nitrogen and oxygen atoms in total. The van der Waals surface area contributed by atoms with Crippen molar-refractivity contribution in [1.82, 2.24) is 0 Å². The molecule has 0 spiro atoms. The van der Waals surface area contributed by atoms with Gasteiger partial charge in [0.1, 0.15) is 10.6 Å². The first-order valence-corrected chi connectivity index (χ1v) is 3.09. The highest BCUT2D eigenvalue weighted by Gasteiger charge is 2.04. The summed E-state index contributed by atoms with van der Waals surface area (Å²) in [7, 11) is 0. The average molecular weight is 144 g/mol. The van der Waals surface area contributed by atoms with Gasteiger partial charge < -0.3 is 10.2 Å². The molecule has 0 unspecified atom stereocenters. The third-order valence-corrected chi connectivity index (χ3v) is 1.70. The standard InChI is InChI=1S/C5H4O3S/c6-3-1-4(5(7)8)9-2-3/h1-2,6H,(H,7,8). The van der Waals surface area contributed by atoms with Crippen molar-refractivity contribution in [3.05, 3.63) is 16.3 Å². The molecule has 1 aromatic rings. The Morgan fingerprint density at radius 1 is 1.67 bits per heavy atom. The first kappa shape index (κ1) is 6.10. The van der Waals surface area contributed by atoms with E-state index in [0.29, 0.717) is 0 Å². The Labute approximate surface area is 55.2 Å². The molecule has 0 fully saturated rings. The Morgan fingerprint density at radius 3 is 2.56 bits per heavy atom. The molecule has 2 N–H and O–H groups in total. The second-order valence-electron chi connectivity index (χ2n) is 1.47. The van der Waals surface area contributed by atoms with Gasteiger partial charge in [0.25, 0.3) is 0 Å². The van der Waals surface area contributed by atoms with E-state index in [1.165, 1.54) is 11.4 Å². The van der Waals surface area contributed by atoms with Crippen LogP contribution in [0.4, 0.5) is 0 Å². The molecular formula is C5H4O3S. The smallest absolute Gasteiger partial charge is 0.346 e. The van der Waals surface area contributed by atoms with Gasteiger partial charge in [-0.2, -0.15) is 0 Å². The SMILES string of the molecule is O=C(O)c1cc(O)cs1. The molecule has 0 saturated heterocycles. The van der Waals surface area contributed by atoms with E-state index in [2.05, 4.69) is 0 Å². The second-order valence-corrected chi connectivity index (χ2v) is 2.39. The van der Waals surface area contributed by atoms with Gasteiger partial charge in [-0.3, -0.25) is 0 Å². The third kappa shape index (κ3) is 1.20. The maximum absolute atomic E-state index is 10.1. The summed E-state index contributed by atoms with van der Waals surface area (Å²) in [5, 5.41) is 18.3. The maximum atomic E-state index is 10.1. The molecule has 0 aliphatic rings. The van der Waals surface area contributed by atoms with Crippen LogP contribution >= 0.6 is 11.3 Å². The molecular weight excluding hydrogens is 140 g/mol. The second kappa shape index (κ2) is 2.06. The molecule has 0 saturated carbocycles. The first-order chi connectivity index (χ1) is 4.20. The van der Waals surface area contributed by atoms with Crippen LogP contribution in [0.15, 0.2) is 11.4 Å². The summed E-state index contributed by atoms with van der Waals surface area (Å²) in [6, 6.07) is 1.22. The summed E-state index contributed by atoms with van der Waals surface area (Å²) in [5.74, 6) is -0.988. The number of carboxylic acids is 1. The molecule has 0 radical (unpaired) electrons. The molecule has 4 heteroatoms. The summed E-state index contributed by atoms with van der Waals surface area (Å²) >= 11 is 1.01. The van der Waals surface area contributed by atoms with Crippen molar-refractivity contribution in [2.75, 3.05) is 0 Å². The summed E-state index contributed by atoms with van der Waals surface area (Å²) in [6.07, 6.45) is 0. The average Bonchev–Trinajstić information content (AvgIpc) is 2.14. The zero-order valence-electron chi connectivity index (χ0n) is 4.37. The minimum atomic E-state index is -1.000. The molecule has 1 aromatic heterocycles. The van der Waals surface area contributed by atoms with Gasteiger partial charge in [0.15, 0.2) is 0 Å². The highest BCUT2D eigenvalue weighted by Crippen LogP contribution is 2.19. The Morgan fingerprint density at radius 2 is 2.33 bits per heavy atom. The van der Waals surface area contributed by atoms with Gasteiger partial charge >= 0.3 is 5.97 Å². The van der Waals surface area contributed by atoms with Gasteiger partial charge in [-0.15, -0.1) is 11.3 Å².